The van der Waals surface area contributed by atoms with Gasteiger partial charge in [-0.2, -0.15) is 0 Å². The van der Waals surface area contributed by atoms with Crippen LogP contribution in [0.1, 0.15) is 53.2 Å². The average molecular weight is 471 g/mol. The van der Waals surface area contributed by atoms with Crippen molar-refractivity contribution in [2.75, 3.05) is 13.7 Å². The third-order valence-electron chi connectivity index (χ3n) is 6.29. The maximum Gasteiger partial charge on any atom is 0.312 e. The number of ether oxygens (including phenoxy) is 4. The molecule has 0 amide bonds. The average Bonchev–Trinajstić information content (AvgIpc) is 3.21. The fourth-order valence-corrected chi connectivity index (χ4v) is 4.51. The summed E-state index contributed by atoms with van der Waals surface area (Å²) in [6.07, 6.45) is 0.905. The van der Waals surface area contributed by atoms with E-state index in [0.717, 1.165) is 34.4 Å². The van der Waals surface area contributed by atoms with Gasteiger partial charge in [0.1, 0.15) is 23.0 Å². The number of ketones is 1. The zero-order valence-corrected chi connectivity index (χ0v) is 19.9. The standard InChI is InChI=1S/C29H26O6/c1-17(2)28-27(31)22-11-12-24-26(29(22)35-28)23(16-25(30)34-24)19-5-4-6-21(15-19)33-14-13-18-7-9-20(32-3)10-8-18/h4-12,15,23H,13-14,16H2,1-3H3/t23-/m1/s1. The monoisotopic (exact) mass is 470 g/mol. The van der Waals surface area contributed by atoms with Gasteiger partial charge in [0.2, 0.25) is 5.78 Å². The molecule has 6 heteroatoms. The predicted octanol–water partition coefficient (Wildman–Crippen LogP) is 5.63. The normalized spacial score (nSPS) is 16.2. The first-order chi connectivity index (χ1) is 16.9. The van der Waals surface area contributed by atoms with E-state index in [1.54, 1.807) is 19.2 Å². The van der Waals surface area contributed by atoms with E-state index < -0.39 is 0 Å². The molecule has 0 unspecified atom stereocenters. The van der Waals surface area contributed by atoms with Crippen molar-refractivity contribution in [1.82, 2.24) is 0 Å². The number of benzene rings is 3. The molecule has 2 heterocycles. The largest absolute Gasteiger partial charge is 0.497 e. The molecular weight excluding hydrogens is 444 g/mol. The molecule has 0 aliphatic carbocycles. The summed E-state index contributed by atoms with van der Waals surface area (Å²) in [6, 6.07) is 19.0. The molecule has 178 valence electrons. The van der Waals surface area contributed by atoms with Gasteiger partial charge >= 0.3 is 5.97 Å². The number of carbonyl (C=O) groups excluding carboxylic acids is 2. The third-order valence-corrected chi connectivity index (χ3v) is 6.29. The topological polar surface area (TPSA) is 71.1 Å². The molecule has 0 aromatic heterocycles. The van der Waals surface area contributed by atoms with E-state index >= 15 is 0 Å². The fraction of sp³-hybridized carbons (Fsp3) is 0.241. The summed E-state index contributed by atoms with van der Waals surface area (Å²) in [5, 5.41) is 0. The molecule has 0 saturated carbocycles. The highest BCUT2D eigenvalue weighted by molar-refractivity contribution is 6.13. The molecule has 2 aliphatic rings. The lowest BCUT2D eigenvalue weighted by Crippen LogP contribution is -2.21. The number of hydrogen-bond donors (Lipinski definition) is 0. The predicted molar refractivity (Wildman–Crippen MR) is 131 cm³/mol. The molecule has 0 fully saturated rings. The zero-order chi connectivity index (χ0) is 24.5. The molecule has 3 aromatic rings. The van der Waals surface area contributed by atoms with Crippen molar-refractivity contribution in [1.29, 1.82) is 0 Å². The van der Waals surface area contributed by atoms with Crippen molar-refractivity contribution in [2.45, 2.75) is 32.6 Å². The zero-order valence-electron chi connectivity index (χ0n) is 19.9. The van der Waals surface area contributed by atoms with Gasteiger partial charge in [0.15, 0.2) is 5.76 Å². The van der Waals surface area contributed by atoms with Crippen molar-refractivity contribution in [3.05, 3.63) is 94.2 Å². The Morgan fingerprint density at radius 1 is 0.971 bits per heavy atom. The van der Waals surface area contributed by atoms with Crippen LogP contribution in [0.5, 0.6) is 23.0 Å². The number of rotatable bonds is 6. The SMILES string of the molecule is COc1ccc(CCOc2cccc([C@H]3CC(=O)Oc4ccc5c(c43)OC(=C(C)C)C5=O)c2)cc1. The maximum atomic E-state index is 12.8. The highest BCUT2D eigenvalue weighted by Gasteiger charge is 2.38. The fourth-order valence-electron chi connectivity index (χ4n) is 4.51. The lowest BCUT2D eigenvalue weighted by molar-refractivity contribution is -0.135. The van der Waals surface area contributed by atoms with Gasteiger partial charge in [-0.05, 0) is 66.9 Å². The molecule has 2 aliphatic heterocycles. The summed E-state index contributed by atoms with van der Waals surface area (Å²) in [4.78, 5) is 25.3. The number of Topliss-reactive ketones (excluding diaryl/α,β-unsaturated/α-hetero) is 1. The van der Waals surface area contributed by atoms with Gasteiger partial charge in [-0.1, -0.05) is 24.3 Å². The van der Waals surface area contributed by atoms with E-state index in [-0.39, 0.29) is 24.1 Å². The van der Waals surface area contributed by atoms with Crippen LogP contribution in [-0.2, 0) is 11.2 Å². The summed E-state index contributed by atoms with van der Waals surface area (Å²) >= 11 is 0. The second-order valence-corrected chi connectivity index (χ2v) is 8.86. The molecule has 35 heavy (non-hydrogen) atoms. The summed E-state index contributed by atoms with van der Waals surface area (Å²) in [5.41, 5.74) is 4.08. The maximum absolute atomic E-state index is 12.8. The number of methoxy groups -OCH3 is 1. The first-order valence-electron chi connectivity index (χ1n) is 11.6. The summed E-state index contributed by atoms with van der Waals surface area (Å²) in [7, 11) is 1.65. The van der Waals surface area contributed by atoms with E-state index in [4.69, 9.17) is 18.9 Å². The Kier molecular flexibility index (Phi) is 6.03. The number of allylic oxidation sites excluding steroid dienone is 2. The minimum Gasteiger partial charge on any atom is -0.497 e. The highest BCUT2D eigenvalue weighted by Crippen LogP contribution is 2.49. The van der Waals surface area contributed by atoms with Crippen LogP contribution in [0.3, 0.4) is 0 Å². The van der Waals surface area contributed by atoms with Crippen LogP contribution in [-0.4, -0.2) is 25.5 Å². The number of fused-ring (bicyclic) bond motifs is 3. The Hall–Kier alpha value is -4.06. The Bertz CT molecular complexity index is 1330. The molecule has 5 rings (SSSR count). The molecule has 0 spiro atoms. The molecule has 0 saturated heterocycles. The van der Waals surface area contributed by atoms with Crippen molar-refractivity contribution in [2.24, 2.45) is 0 Å². The van der Waals surface area contributed by atoms with Gasteiger partial charge in [-0.15, -0.1) is 0 Å². The van der Waals surface area contributed by atoms with E-state index in [1.807, 2.05) is 62.4 Å². The van der Waals surface area contributed by atoms with Crippen LogP contribution in [0.2, 0.25) is 0 Å². The Morgan fingerprint density at radius 2 is 1.77 bits per heavy atom. The van der Waals surface area contributed by atoms with Gasteiger partial charge in [-0.3, -0.25) is 9.59 Å². The Balaban J connectivity index is 1.40. The van der Waals surface area contributed by atoms with Crippen LogP contribution in [0.15, 0.2) is 72.0 Å². The van der Waals surface area contributed by atoms with E-state index in [9.17, 15) is 9.59 Å². The first kappa shape index (κ1) is 22.7. The number of esters is 1. The molecule has 3 aromatic carbocycles. The lowest BCUT2D eigenvalue weighted by atomic mass is 9.84. The number of carbonyl (C=O) groups is 2. The highest BCUT2D eigenvalue weighted by atomic mass is 16.5. The first-order valence-corrected chi connectivity index (χ1v) is 11.6. The van der Waals surface area contributed by atoms with Crippen LogP contribution in [0.25, 0.3) is 0 Å². The van der Waals surface area contributed by atoms with Gasteiger partial charge in [0.05, 0.1) is 25.7 Å². The van der Waals surface area contributed by atoms with Gasteiger partial charge in [0, 0.05) is 17.9 Å². The minimum absolute atomic E-state index is 0.144. The Labute approximate surface area is 204 Å². The van der Waals surface area contributed by atoms with Gasteiger partial charge in [-0.25, -0.2) is 0 Å². The smallest absolute Gasteiger partial charge is 0.312 e. The van der Waals surface area contributed by atoms with Crippen LogP contribution in [0, 0.1) is 0 Å². The molecule has 6 nitrogen and oxygen atoms in total. The van der Waals surface area contributed by atoms with Gasteiger partial charge < -0.3 is 18.9 Å². The van der Waals surface area contributed by atoms with Crippen LogP contribution >= 0.6 is 0 Å². The van der Waals surface area contributed by atoms with Crippen LogP contribution in [0.4, 0.5) is 0 Å². The second-order valence-electron chi connectivity index (χ2n) is 8.86. The lowest BCUT2D eigenvalue weighted by Gasteiger charge is -2.26. The number of hydrogen-bond acceptors (Lipinski definition) is 6. The molecular formula is C29H26O6. The molecule has 0 N–H and O–H groups in total. The second kappa shape index (κ2) is 9.29. The van der Waals surface area contributed by atoms with Crippen molar-refractivity contribution < 1.29 is 28.5 Å². The minimum atomic E-state index is -0.319. The van der Waals surface area contributed by atoms with Crippen molar-refractivity contribution in [3.8, 4) is 23.0 Å². The van der Waals surface area contributed by atoms with Crippen molar-refractivity contribution in [3.63, 3.8) is 0 Å². The Morgan fingerprint density at radius 3 is 2.51 bits per heavy atom. The quantitative estimate of drug-likeness (QED) is 0.264. The van der Waals surface area contributed by atoms with Gasteiger partial charge in [0.25, 0.3) is 0 Å². The van der Waals surface area contributed by atoms with Crippen molar-refractivity contribution >= 4 is 11.8 Å². The van der Waals surface area contributed by atoms with E-state index in [0.29, 0.717) is 35.2 Å². The summed E-state index contributed by atoms with van der Waals surface area (Å²) < 4.78 is 22.8. The summed E-state index contributed by atoms with van der Waals surface area (Å²) in [5.74, 6) is 2.00. The van der Waals surface area contributed by atoms with E-state index in [1.165, 1.54) is 0 Å². The molecule has 0 radical (unpaired) electrons. The van der Waals surface area contributed by atoms with E-state index in [2.05, 4.69) is 0 Å². The molecule has 1 atom stereocenters. The molecule has 0 bridgehead atoms. The third kappa shape index (κ3) is 4.39. The summed E-state index contributed by atoms with van der Waals surface area (Å²) in [6.45, 7) is 4.20. The van der Waals surface area contributed by atoms with Crippen LogP contribution < -0.4 is 18.9 Å².